The van der Waals surface area contributed by atoms with E-state index in [0.29, 0.717) is 0 Å². The van der Waals surface area contributed by atoms with E-state index in [0.717, 1.165) is 51.7 Å². The average molecular weight is 255 g/mol. The molecule has 0 aliphatic carbocycles. The van der Waals surface area contributed by atoms with Gasteiger partial charge in [-0.25, -0.2) is 4.98 Å². The molecule has 0 atom stereocenters. The molecule has 5 nitrogen and oxygen atoms in total. The van der Waals surface area contributed by atoms with Crippen LogP contribution in [0.3, 0.4) is 0 Å². The number of aromatic nitrogens is 2. The van der Waals surface area contributed by atoms with Crippen molar-refractivity contribution in [3.63, 3.8) is 0 Å². The van der Waals surface area contributed by atoms with E-state index >= 15 is 0 Å². The molecule has 0 saturated heterocycles. The lowest BCUT2D eigenvalue weighted by molar-refractivity contribution is 0.123. The molecule has 0 spiro atoms. The predicted octanol–water partition coefficient (Wildman–Crippen LogP) is 1.44. The molecule has 1 aromatic heterocycles. The Morgan fingerprint density at radius 2 is 2.22 bits per heavy atom. The van der Waals surface area contributed by atoms with Gasteiger partial charge in [0.2, 0.25) is 0 Å². The van der Waals surface area contributed by atoms with Gasteiger partial charge in [-0.2, -0.15) is 0 Å². The van der Waals surface area contributed by atoms with E-state index in [1.54, 1.807) is 7.11 Å². The number of ether oxygens (including phenoxy) is 2. The summed E-state index contributed by atoms with van der Waals surface area (Å²) < 4.78 is 12.7. The smallest absolute Gasteiger partial charge is 0.122 e. The van der Waals surface area contributed by atoms with Crippen molar-refractivity contribution in [1.29, 1.82) is 0 Å². The Balaban J connectivity index is 2.18. The van der Waals surface area contributed by atoms with Gasteiger partial charge in [0.15, 0.2) is 0 Å². The van der Waals surface area contributed by atoms with Gasteiger partial charge in [0, 0.05) is 39.2 Å². The minimum atomic E-state index is 0.723. The Morgan fingerprint density at radius 1 is 1.33 bits per heavy atom. The van der Waals surface area contributed by atoms with E-state index in [-0.39, 0.29) is 0 Å². The minimum absolute atomic E-state index is 0.723. The van der Waals surface area contributed by atoms with Gasteiger partial charge in [-0.3, -0.25) is 0 Å². The van der Waals surface area contributed by atoms with Gasteiger partial charge in [-0.1, -0.05) is 13.3 Å². The lowest BCUT2D eigenvalue weighted by Crippen LogP contribution is -2.21. The zero-order chi connectivity index (χ0) is 13.1. The van der Waals surface area contributed by atoms with E-state index in [1.807, 2.05) is 12.4 Å². The maximum absolute atomic E-state index is 5.56. The van der Waals surface area contributed by atoms with Crippen LogP contribution in [0.4, 0.5) is 0 Å². The molecular formula is C13H25N3O2. The highest BCUT2D eigenvalue weighted by molar-refractivity contribution is 4.91. The van der Waals surface area contributed by atoms with Gasteiger partial charge >= 0.3 is 0 Å². The van der Waals surface area contributed by atoms with E-state index in [2.05, 4.69) is 21.8 Å². The summed E-state index contributed by atoms with van der Waals surface area (Å²) in [7, 11) is 1.70. The minimum Gasteiger partial charge on any atom is -0.383 e. The van der Waals surface area contributed by atoms with Crippen molar-refractivity contribution < 1.29 is 9.47 Å². The molecule has 1 N–H and O–H groups in total. The van der Waals surface area contributed by atoms with Crippen LogP contribution in [0.1, 0.15) is 25.6 Å². The normalized spacial score (nSPS) is 11.0. The summed E-state index contributed by atoms with van der Waals surface area (Å²) in [6, 6.07) is 0. The number of nitrogens with zero attached hydrogens (tertiary/aromatic N) is 2. The molecule has 0 aromatic carbocycles. The molecule has 0 fully saturated rings. The topological polar surface area (TPSA) is 48.3 Å². The maximum Gasteiger partial charge on any atom is 0.122 e. The van der Waals surface area contributed by atoms with Crippen LogP contribution >= 0.6 is 0 Å². The Bertz CT molecular complexity index is 302. The van der Waals surface area contributed by atoms with Crippen molar-refractivity contribution in [2.24, 2.45) is 0 Å². The molecule has 18 heavy (non-hydrogen) atoms. The third-order valence-corrected chi connectivity index (χ3v) is 2.69. The molecule has 1 aromatic rings. The highest BCUT2D eigenvalue weighted by Gasteiger charge is 2.01. The van der Waals surface area contributed by atoms with Crippen LogP contribution in [0.25, 0.3) is 0 Å². The number of imidazole rings is 1. The first-order chi connectivity index (χ1) is 8.88. The monoisotopic (exact) mass is 255 g/mol. The molecular weight excluding hydrogens is 230 g/mol. The summed E-state index contributed by atoms with van der Waals surface area (Å²) in [5, 5.41) is 3.29. The van der Waals surface area contributed by atoms with Crippen LogP contribution in [0.2, 0.25) is 0 Å². The molecule has 0 amide bonds. The first kappa shape index (κ1) is 15.1. The average Bonchev–Trinajstić information content (AvgIpc) is 2.82. The van der Waals surface area contributed by atoms with Crippen molar-refractivity contribution in [3.05, 3.63) is 18.2 Å². The van der Waals surface area contributed by atoms with Crippen molar-refractivity contribution in [2.45, 2.75) is 32.9 Å². The summed E-state index contributed by atoms with van der Waals surface area (Å²) in [6.07, 6.45) is 6.14. The molecule has 0 aliphatic rings. The molecule has 0 radical (unpaired) electrons. The highest BCUT2D eigenvalue weighted by Crippen LogP contribution is 1.98. The van der Waals surface area contributed by atoms with E-state index < -0.39 is 0 Å². The third-order valence-electron chi connectivity index (χ3n) is 2.69. The third kappa shape index (κ3) is 6.14. The second kappa shape index (κ2) is 10.1. The quantitative estimate of drug-likeness (QED) is 0.608. The number of nitrogens with one attached hydrogen (secondary N) is 1. The van der Waals surface area contributed by atoms with Crippen LogP contribution in [-0.2, 0) is 22.6 Å². The van der Waals surface area contributed by atoms with Crippen LogP contribution in [0.15, 0.2) is 12.4 Å². The van der Waals surface area contributed by atoms with Crippen molar-refractivity contribution in [3.8, 4) is 0 Å². The molecule has 104 valence electrons. The van der Waals surface area contributed by atoms with Crippen LogP contribution in [0, 0.1) is 0 Å². The fourth-order valence-electron chi connectivity index (χ4n) is 1.60. The summed E-state index contributed by atoms with van der Waals surface area (Å²) >= 11 is 0. The van der Waals surface area contributed by atoms with Crippen LogP contribution < -0.4 is 5.32 Å². The molecule has 5 heteroatoms. The highest BCUT2D eigenvalue weighted by atomic mass is 16.5. The van der Waals surface area contributed by atoms with E-state index in [4.69, 9.17) is 9.47 Å². The van der Waals surface area contributed by atoms with Gasteiger partial charge in [0.1, 0.15) is 5.82 Å². The molecule has 0 unspecified atom stereocenters. The fourth-order valence-corrected chi connectivity index (χ4v) is 1.60. The van der Waals surface area contributed by atoms with Crippen LogP contribution in [-0.4, -0.2) is 43.0 Å². The van der Waals surface area contributed by atoms with E-state index in [1.165, 1.54) is 6.42 Å². The Hall–Kier alpha value is -0.910. The van der Waals surface area contributed by atoms with Gasteiger partial charge in [-0.15, -0.1) is 0 Å². The SMILES string of the molecule is CCCCOCCn1ccnc1CNCCOC. The number of unbranched alkanes of at least 4 members (excludes halogenated alkanes) is 1. The summed E-state index contributed by atoms with van der Waals surface area (Å²) in [4.78, 5) is 4.33. The Kier molecular flexibility index (Phi) is 8.46. The van der Waals surface area contributed by atoms with Gasteiger partial charge < -0.3 is 19.4 Å². The summed E-state index contributed by atoms with van der Waals surface area (Å²) in [5.41, 5.74) is 0. The largest absolute Gasteiger partial charge is 0.383 e. The molecule has 1 rings (SSSR count). The van der Waals surface area contributed by atoms with Crippen molar-refractivity contribution in [1.82, 2.24) is 14.9 Å². The van der Waals surface area contributed by atoms with Crippen molar-refractivity contribution in [2.75, 3.05) is 33.5 Å². The van der Waals surface area contributed by atoms with Crippen LogP contribution in [0.5, 0.6) is 0 Å². The fraction of sp³-hybridized carbons (Fsp3) is 0.769. The van der Waals surface area contributed by atoms with Gasteiger partial charge in [0.25, 0.3) is 0 Å². The number of methoxy groups -OCH3 is 1. The van der Waals surface area contributed by atoms with Gasteiger partial charge in [-0.05, 0) is 6.42 Å². The first-order valence-corrected chi connectivity index (χ1v) is 6.66. The second-order valence-corrected chi connectivity index (χ2v) is 4.17. The van der Waals surface area contributed by atoms with Crippen molar-refractivity contribution >= 4 is 0 Å². The number of hydrogen-bond donors (Lipinski definition) is 1. The molecule has 0 bridgehead atoms. The standard InChI is InChI=1S/C13H25N3O2/c1-3-4-9-18-11-8-16-7-5-15-13(16)12-14-6-10-17-2/h5,7,14H,3-4,6,8-12H2,1-2H3. The zero-order valence-electron chi connectivity index (χ0n) is 11.5. The van der Waals surface area contributed by atoms with E-state index in [9.17, 15) is 0 Å². The molecule has 1 heterocycles. The Labute approximate surface area is 109 Å². The number of hydrogen-bond acceptors (Lipinski definition) is 4. The maximum atomic E-state index is 5.56. The summed E-state index contributed by atoms with van der Waals surface area (Å²) in [6.45, 7) is 6.98. The lowest BCUT2D eigenvalue weighted by Gasteiger charge is -2.09. The number of rotatable bonds is 11. The predicted molar refractivity (Wildman–Crippen MR) is 71.5 cm³/mol. The molecule has 0 aliphatic heterocycles. The summed E-state index contributed by atoms with van der Waals surface area (Å²) in [5.74, 6) is 1.05. The van der Waals surface area contributed by atoms with Gasteiger partial charge in [0.05, 0.1) is 19.8 Å². The zero-order valence-corrected chi connectivity index (χ0v) is 11.5. The lowest BCUT2D eigenvalue weighted by atomic mass is 10.4. The molecule has 0 saturated carbocycles. The second-order valence-electron chi connectivity index (χ2n) is 4.17. The Morgan fingerprint density at radius 3 is 3.00 bits per heavy atom. The first-order valence-electron chi connectivity index (χ1n) is 6.66.